The number of nitrogens with zero attached hydrogens (tertiary/aromatic N) is 2. The minimum absolute atomic E-state index is 0.105. The van der Waals surface area contributed by atoms with Crippen LogP contribution in [0.2, 0.25) is 10.0 Å². The molecule has 3 aliphatic heterocycles. The van der Waals surface area contributed by atoms with E-state index in [0.29, 0.717) is 44.1 Å². The predicted molar refractivity (Wildman–Crippen MR) is 110 cm³/mol. The molecule has 1 N–H and O–H groups in total. The third-order valence-corrected chi connectivity index (χ3v) is 6.35. The first-order valence-electron chi connectivity index (χ1n) is 9.47. The minimum atomic E-state index is -0.105. The maximum atomic E-state index is 13.0. The lowest BCUT2D eigenvalue weighted by Crippen LogP contribution is -2.57. The van der Waals surface area contributed by atoms with Crippen molar-refractivity contribution in [3.63, 3.8) is 0 Å². The second kappa shape index (κ2) is 7.07. The van der Waals surface area contributed by atoms with Crippen LogP contribution in [0.15, 0.2) is 40.8 Å². The second-order valence-electron chi connectivity index (χ2n) is 7.51. The third kappa shape index (κ3) is 3.17. The van der Waals surface area contributed by atoms with Gasteiger partial charge in [0, 0.05) is 17.6 Å². The minimum Gasteiger partial charge on any atom is -0.436 e. The third-order valence-electron chi connectivity index (χ3n) is 5.80. The van der Waals surface area contributed by atoms with E-state index in [9.17, 15) is 4.79 Å². The fourth-order valence-corrected chi connectivity index (χ4v) is 4.77. The monoisotopic (exact) mass is 415 g/mol. The fraction of sp³-hybridized carbons (Fsp3) is 0.333. The molecule has 28 heavy (non-hydrogen) atoms. The fourth-order valence-electron chi connectivity index (χ4n) is 4.28. The van der Waals surface area contributed by atoms with Crippen LogP contribution in [-0.4, -0.2) is 41.5 Å². The summed E-state index contributed by atoms with van der Waals surface area (Å²) in [4.78, 5) is 20.0. The molecule has 3 aliphatic rings. The summed E-state index contributed by atoms with van der Waals surface area (Å²) in [6.45, 7) is 3.21. The smallest absolute Gasteiger partial charge is 0.253 e. The number of rotatable bonds is 3. The highest BCUT2D eigenvalue weighted by molar-refractivity contribution is 6.36. The summed E-state index contributed by atoms with van der Waals surface area (Å²) >= 11 is 12.3. The molecule has 1 aromatic heterocycles. The Morgan fingerprint density at radius 3 is 2.71 bits per heavy atom. The summed E-state index contributed by atoms with van der Waals surface area (Å²) in [5.74, 6) is 0.833. The molecule has 6 rings (SSSR count). The zero-order chi connectivity index (χ0) is 19.3. The molecule has 1 amide bonds. The van der Waals surface area contributed by atoms with Crippen molar-refractivity contribution < 1.29 is 9.21 Å². The lowest BCUT2D eigenvalue weighted by molar-refractivity contribution is 0.0621. The summed E-state index contributed by atoms with van der Waals surface area (Å²) in [6.07, 6.45) is 2.30. The lowest BCUT2D eigenvalue weighted by Gasteiger charge is -2.44. The molecule has 0 saturated carbocycles. The maximum absolute atomic E-state index is 13.0. The number of carbonyl (C=O) groups excluding carboxylic acids is 1. The van der Waals surface area contributed by atoms with Crippen molar-refractivity contribution in [2.24, 2.45) is 5.92 Å². The van der Waals surface area contributed by atoms with E-state index in [0.717, 1.165) is 32.5 Å². The van der Waals surface area contributed by atoms with E-state index in [1.807, 2.05) is 6.07 Å². The number of halogens is 2. The first kappa shape index (κ1) is 18.0. The van der Waals surface area contributed by atoms with Crippen molar-refractivity contribution in [2.45, 2.75) is 18.9 Å². The number of nitrogens with one attached hydrogen (secondary N) is 1. The molecule has 1 atom stereocenters. The molecule has 3 saturated heterocycles. The van der Waals surface area contributed by atoms with E-state index in [4.69, 9.17) is 27.6 Å². The molecule has 0 unspecified atom stereocenters. The Morgan fingerprint density at radius 2 is 2.00 bits per heavy atom. The number of amides is 1. The van der Waals surface area contributed by atoms with Gasteiger partial charge in [0.15, 0.2) is 5.58 Å². The van der Waals surface area contributed by atoms with Crippen LogP contribution in [0.25, 0.3) is 22.6 Å². The van der Waals surface area contributed by atoms with Crippen molar-refractivity contribution in [3.05, 3.63) is 52.0 Å². The highest BCUT2D eigenvalue weighted by atomic mass is 35.5. The SMILES string of the molecule is O=C(N[C@@H]1CN2CCC1CC2)c1cccc2oc(-c3ccc(Cl)cc3Cl)nc12. The Kier molecular flexibility index (Phi) is 4.54. The molecular formula is C21H19Cl2N3O2. The van der Waals surface area contributed by atoms with Gasteiger partial charge < -0.3 is 14.6 Å². The van der Waals surface area contributed by atoms with Gasteiger partial charge in [0.05, 0.1) is 16.1 Å². The van der Waals surface area contributed by atoms with Gasteiger partial charge in [-0.1, -0.05) is 29.3 Å². The Hall–Kier alpha value is -2.08. The number of hydrogen-bond donors (Lipinski definition) is 1. The molecule has 0 spiro atoms. The molecule has 2 aromatic carbocycles. The van der Waals surface area contributed by atoms with E-state index >= 15 is 0 Å². The van der Waals surface area contributed by atoms with Crippen LogP contribution in [0.5, 0.6) is 0 Å². The maximum Gasteiger partial charge on any atom is 0.253 e. The lowest BCUT2D eigenvalue weighted by atomic mass is 9.84. The highest BCUT2D eigenvalue weighted by Gasteiger charge is 2.35. The molecular weight excluding hydrogens is 397 g/mol. The number of oxazole rings is 1. The summed E-state index contributed by atoms with van der Waals surface area (Å²) in [5, 5.41) is 4.22. The molecule has 2 bridgehead atoms. The normalized spacial score (nSPS) is 23.9. The number of fused-ring (bicyclic) bond motifs is 4. The first-order chi connectivity index (χ1) is 13.6. The van der Waals surface area contributed by atoms with Crippen LogP contribution in [0.3, 0.4) is 0 Å². The standard InChI is InChI=1S/C21H19Cl2N3O2/c22-13-4-5-14(16(23)10-13)21-25-19-15(2-1-3-18(19)28-21)20(27)24-17-11-26-8-6-12(17)7-9-26/h1-5,10,12,17H,6-9,11H2,(H,24,27)/t17-/m1/s1. The number of para-hydroxylation sites is 1. The summed E-state index contributed by atoms with van der Waals surface area (Å²) in [5.41, 5.74) is 2.27. The summed E-state index contributed by atoms with van der Waals surface area (Å²) in [6, 6.07) is 10.7. The quantitative estimate of drug-likeness (QED) is 0.677. The highest BCUT2D eigenvalue weighted by Crippen LogP contribution is 2.33. The average Bonchev–Trinajstić information content (AvgIpc) is 3.12. The molecule has 0 aliphatic carbocycles. The van der Waals surface area contributed by atoms with Crippen molar-refractivity contribution in [1.29, 1.82) is 0 Å². The van der Waals surface area contributed by atoms with Gasteiger partial charge in [0.25, 0.3) is 5.91 Å². The molecule has 5 nitrogen and oxygen atoms in total. The Bertz CT molecular complexity index is 1060. The van der Waals surface area contributed by atoms with E-state index in [1.165, 1.54) is 0 Å². The van der Waals surface area contributed by atoms with Gasteiger partial charge in [-0.15, -0.1) is 0 Å². The van der Waals surface area contributed by atoms with Gasteiger partial charge in [-0.25, -0.2) is 4.98 Å². The number of carbonyl (C=O) groups is 1. The molecule has 0 radical (unpaired) electrons. The number of piperidine rings is 3. The van der Waals surface area contributed by atoms with Crippen LogP contribution >= 0.6 is 23.2 Å². The topological polar surface area (TPSA) is 58.4 Å². The van der Waals surface area contributed by atoms with Crippen molar-refractivity contribution >= 4 is 40.2 Å². The Labute approximate surface area is 172 Å². The van der Waals surface area contributed by atoms with Gasteiger partial charge >= 0.3 is 0 Å². The Balaban J connectivity index is 1.46. The zero-order valence-electron chi connectivity index (χ0n) is 15.1. The van der Waals surface area contributed by atoms with Gasteiger partial charge in [-0.3, -0.25) is 4.79 Å². The molecule has 4 heterocycles. The van der Waals surface area contributed by atoms with Crippen molar-refractivity contribution in [1.82, 2.24) is 15.2 Å². The van der Waals surface area contributed by atoms with Crippen LogP contribution in [0.4, 0.5) is 0 Å². The number of hydrogen-bond acceptors (Lipinski definition) is 4. The van der Waals surface area contributed by atoms with Crippen molar-refractivity contribution in [3.8, 4) is 11.5 Å². The van der Waals surface area contributed by atoms with Crippen molar-refractivity contribution in [2.75, 3.05) is 19.6 Å². The van der Waals surface area contributed by atoms with E-state index in [1.54, 1.807) is 30.3 Å². The second-order valence-corrected chi connectivity index (χ2v) is 8.36. The van der Waals surface area contributed by atoms with Gasteiger partial charge in [-0.2, -0.15) is 0 Å². The van der Waals surface area contributed by atoms with Crippen LogP contribution < -0.4 is 5.32 Å². The predicted octanol–water partition coefficient (Wildman–Crippen LogP) is 4.63. The first-order valence-corrected chi connectivity index (χ1v) is 10.2. The average molecular weight is 416 g/mol. The summed E-state index contributed by atoms with van der Waals surface area (Å²) in [7, 11) is 0. The molecule has 3 fully saturated rings. The van der Waals surface area contributed by atoms with E-state index in [2.05, 4.69) is 15.2 Å². The van der Waals surface area contributed by atoms with Gasteiger partial charge in [-0.05, 0) is 62.2 Å². The van der Waals surface area contributed by atoms with Crippen LogP contribution in [0, 0.1) is 5.92 Å². The Morgan fingerprint density at radius 1 is 1.18 bits per heavy atom. The van der Waals surface area contributed by atoms with Crippen LogP contribution in [-0.2, 0) is 0 Å². The van der Waals surface area contributed by atoms with Gasteiger partial charge in [0.1, 0.15) is 5.52 Å². The number of aromatic nitrogens is 1. The van der Waals surface area contributed by atoms with E-state index < -0.39 is 0 Å². The largest absolute Gasteiger partial charge is 0.436 e. The zero-order valence-corrected chi connectivity index (χ0v) is 16.6. The van der Waals surface area contributed by atoms with Gasteiger partial charge in [0.2, 0.25) is 5.89 Å². The molecule has 144 valence electrons. The summed E-state index contributed by atoms with van der Waals surface area (Å²) < 4.78 is 5.88. The molecule has 7 heteroatoms. The molecule has 3 aromatic rings. The van der Waals surface area contributed by atoms with Crippen LogP contribution in [0.1, 0.15) is 23.2 Å². The van der Waals surface area contributed by atoms with E-state index in [-0.39, 0.29) is 11.9 Å². The number of benzene rings is 2.